The van der Waals surface area contributed by atoms with E-state index < -0.39 is 0 Å². The number of amides is 1. The number of rotatable bonds is 8. The molecule has 0 aliphatic carbocycles. The summed E-state index contributed by atoms with van der Waals surface area (Å²) >= 11 is 1.57. The first-order valence-electron chi connectivity index (χ1n) is 10.0. The van der Waals surface area contributed by atoms with Crippen LogP contribution in [0.2, 0.25) is 0 Å². The highest BCUT2D eigenvalue weighted by molar-refractivity contribution is 7.98. The molecule has 0 radical (unpaired) electrons. The van der Waals surface area contributed by atoms with E-state index in [1.165, 1.54) is 0 Å². The molecule has 1 N–H and O–H groups in total. The summed E-state index contributed by atoms with van der Waals surface area (Å²) in [5.41, 5.74) is 7.61. The molecule has 0 bridgehead atoms. The van der Waals surface area contributed by atoms with Crippen molar-refractivity contribution >= 4 is 23.4 Å². The summed E-state index contributed by atoms with van der Waals surface area (Å²) in [7, 11) is 3.16. The number of hydrogen-bond donors (Lipinski definition) is 1. The van der Waals surface area contributed by atoms with Crippen LogP contribution in [-0.2, 0) is 5.75 Å². The zero-order chi connectivity index (χ0) is 23.1. The lowest BCUT2D eigenvalue weighted by atomic mass is 10.1. The molecule has 1 heterocycles. The molecular weight excluding hydrogens is 424 g/mol. The fraction of sp³-hybridized carbons (Fsp3) is 0.250. The molecule has 7 nitrogen and oxygen atoms in total. The van der Waals surface area contributed by atoms with Crippen LogP contribution in [0.1, 0.15) is 39.8 Å². The summed E-state index contributed by atoms with van der Waals surface area (Å²) in [6.07, 6.45) is 0. The smallest absolute Gasteiger partial charge is 0.271 e. The van der Waals surface area contributed by atoms with Crippen molar-refractivity contribution in [1.29, 1.82) is 0 Å². The van der Waals surface area contributed by atoms with E-state index in [-0.39, 0.29) is 5.91 Å². The Hall–Kier alpha value is -3.39. The molecule has 0 saturated carbocycles. The number of nitrogens with zero attached hydrogens (tertiary/aromatic N) is 3. The topological polar surface area (TPSA) is 85.7 Å². The van der Waals surface area contributed by atoms with Crippen LogP contribution in [0.15, 0.2) is 58.8 Å². The van der Waals surface area contributed by atoms with E-state index in [1.54, 1.807) is 44.2 Å². The molecule has 0 atom stereocenters. The lowest BCUT2D eigenvalue weighted by molar-refractivity contribution is 0.0955. The Kier molecular flexibility index (Phi) is 7.83. The summed E-state index contributed by atoms with van der Waals surface area (Å²) in [5.74, 6) is 1.68. The summed E-state index contributed by atoms with van der Waals surface area (Å²) < 4.78 is 10.6. The normalized spacial score (nSPS) is 11.2. The van der Waals surface area contributed by atoms with Crippen LogP contribution in [0, 0.1) is 13.8 Å². The molecule has 0 aliphatic heterocycles. The molecule has 2 aromatic carbocycles. The van der Waals surface area contributed by atoms with Gasteiger partial charge in [0, 0.05) is 28.3 Å². The van der Waals surface area contributed by atoms with Gasteiger partial charge in [0.2, 0.25) is 0 Å². The van der Waals surface area contributed by atoms with E-state index in [1.807, 2.05) is 51.1 Å². The van der Waals surface area contributed by atoms with Gasteiger partial charge in [-0.3, -0.25) is 4.79 Å². The quantitative estimate of drug-likeness (QED) is 0.234. The predicted octanol–water partition coefficient (Wildman–Crippen LogP) is 4.56. The largest absolute Gasteiger partial charge is 0.493 e. The van der Waals surface area contributed by atoms with Crippen molar-refractivity contribution in [3.8, 4) is 11.5 Å². The van der Waals surface area contributed by atoms with Crippen molar-refractivity contribution in [2.45, 2.75) is 31.7 Å². The van der Waals surface area contributed by atoms with E-state index in [2.05, 4.69) is 20.5 Å². The Morgan fingerprint density at radius 1 is 0.938 bits per heavy atom. The number of benzene rings is 2. The molecule has 3 rings (SSSR count). The molecule has 1 aromatic heterocycles. The Morgan fingerprint density at radius 2 is 1.56 bits per heavy atom. The van der Waals surface area contributed by atoms with Gasteiger partial charge in [-0.25, -0.2) is 15.4 Å². The predicted molar refractivity (Wildman–Crippen MR) is 127 cm³/mol. The molecule has 8 heteroatoms. The van der Waals surface area contributed by atoms with Crippen molar-refractivity contribution < 1.29 is 14.3 Å². The second-order valence-electron chi connectivity index (χ2n) is 7.13. The van der Waals surface area contributed by atoms with Gasteiger partial charge in [0.15, 0.2) is 16.7 Å². The number of thioether (sulfide) groups is 1. The molecule has 0 saturated heterocycles. The number of aryl methyl sites for hydroxylation is 2. The van der Waals surface area contributed by atoms with Crippen LogP contribution >= 0.6 is 11.8 Å². The van der Waals surface area contributed by atoms with Crippen LogP contribution in [0.3, 0.4) is 0 Å². The molecule has 3 aromatic rings. The number of methoxy groups -OCH3 is 2. The fourth-order valence-corrected chi connectivity index (χ4v) is 3.89. The average molecular weight is 451 g/mol. The zero-order valence-electron chi connectivity index (χ0n) is 18.8. The minimum atomic E-state index is -0.276. The highest BCUT2D eigenvalue weighted by Crippen LogP contribution is 2.27. The molecule has 1 amide bonds. The Balaban J connectivity index is 1.60. The van der Waals surface area contributed by atoms with Crippen molar-refractivity contribution in [2.75, 3.05) is 14.2 Å². The lowest BCUT2D eigenvalue weighted by Gasteiger charge is -2.09. The van der Waals surface area contributed by atoms with Crippen LogP contribution in [0.4, 0.5) is 0 Å². The van der Waals surface area contributed by atoms with Gasteiger partial charge in [0.05, 0.1) is 19.9 Å². The van der Waals surface area contributed by atoms with Crippen LogP contribution in [0.25, 0.3) is 0 Å². The van der Waals surface area contributed by atoms with Gasteiger partial charge in [-0.15, -0.1) is 0 Å². The summed E-state index contributed by atoms with van der Waals surface area (Å²) in [6.45, 7) is 5.74. The van der Waals surface area contributed by atoms with Crippen molar-refractivity contribution in [3.63, 3.8) is 0 Å². The molecule has 0 fully saturated rings. The third kappa shape index (κ3) is 6.07. The monoisotopic (exact) mass is 450 g/mol. The minimum Gasteiger partial charge on any atom is -0.493 e. The van der Waals surface area contributed by atoms with Crippen molar-refractivity contribution in [3.05, 3.63) is 76.6 Å². The Morgan fingerprint density at radius 3 is 2.19 bits per heavy atom. The zero-order valence-corrected chi connectivity index (χ0v) is 19.6. The maximum Gasteiger partial charge on any atom is 0.271 e. The van der Waals surface area contributed by atoms with Gasteiger partial charge >= 0.3 is 0 Å². The van der Waals surface area contributed by atoms with Gasteiger partial charge < -0.3 is 9.47 Å². The van der Waals surface area contributed by atoms with Crippen molar-refractivity contribution in [1.82, 2.24) is 15.4 Å². The summed E-state index contributed by atoms with van der Waals surface area (Å²) in [6, 6.07) is 14.9. The minimum absolute atomic E-state index is 0.276. The Bertz CT molecular complexity index is 1110. The van der Waals surface area contributed by atoms with Gasteiger partial charge in [0.25, 0.3) is 5.91 Å². The molecule has 0 unspecified atom stereocenters. The number of carbonyl (C=O) groups excluding carboxylic acids is 1. The molecular formula is C24H26N4O3S. The number of ether oxygens (including phenoxy) is 2. The van der Waals surface area contributed by atoms with E-state index in [0.717, 1.165) is 33.4 Å². The maximum atomic E-state index is 12.5. The first-order valence-corrected chi connectivity index (χ1v) is 11.0. The van der Waals surface area contributed by atoms with E-state index in [4.69, 9.17) is 9.47 Å². The van der Waals surface area contributed by atoms with Gasteiger partial charge in [-0.1, -0.05) is 23.9 Å². The number of aromatic nitrogens is 2. The lowest BCUT2D eigenvalue weighted by Crippen LogP contribution is -2.19. The number of hydrazone groups is 1. The molecule has 32 heavy (non-hydrogen) atoms. The highest BCUT2D eigenvalue weighted by atomic mass is 32.2. The average Bonchev–Trinajstić information content (AvgIpc) is 2.80. The summed E-state index contributed by atoms with van der Waals surface area (Å²) in [5, 5.41) is 4.97. The molecule has 166 valence electrons. The molecule has 0 aliphatic rings. The van der Waals surface area contributed by atoms with E-state index >= 15 is 0 Å². The second-order valence-corrected chi connectivity index (χ2v) is 8.07. The standard InChI is InChI=1S/C24H26N4O3S/c1-15-12-16(2)26-24(25-15)32-14-18-6-8-19(9-7-18)23(29)28-27-17(3)20-10-11-21(30-4)22(13-20)31-5/h6-13H,14H2,1-5H3,(H,28,29). The summed E-state index contributed by atoms with van der Waals surface area (Å²) in [4.78, 5) is 21.4. The van der Waals surface area contributed by atoms with Gasteiger partial charge in [-0.2, -0.15) is 5.10 Å². The van der Waals surface area contributed by atoms with E-state index in [0.29, 0.717) is 22.8 Å². The maximum absolute atomic E-state index is 12.5. The number of hydrogen-bond acceptors (Lipinski definition) is 7. The fourth-order valence-electron chi connectivity index (χ4n) is 2.98. The van der Waals surface area contributed by atoms with Gasteiger partial charge in [0.1, 0.15) is 0 Å². The SMILES string of the molecule is COc1ccc(C(C)=NNC(=O)c2ccc(CSc3nc(C)cc(C)n3)cc2)cc1OC. The third-order valence-electron chi connectivity index (χ3n) is 4.67. The highest BCUT2D eigenvalue weighted by Gasteiger charge is 2.09. The van der Waals surface area contributed by atoms with Gasteiger partial charge in [-0.05, 0) is 62.7 Å². The first kappa shape index (κ1) is 23.3. The first-order chi connectivity index (χ1) is 15.4. The number of nitrogens with one attached hydrogen (secondary N) is 1. The van der Waals surface area contributed by atoms with Crippen LogP contribution in [-0.4, -0.2) is 35.8 Å². The number of carbonyl (C=O) groups is 1. The van der Waals surface area contributed by atoms with E-state index in [9.17, 15) is 4.79 Å². The van der Waals surface area contributed by atoms with Crippen molar-refractivity contribution in [2.24, 2.45) is 5.10 Å². The van der Waals surface area contributed by atoms with Crippen LogP contribution < -0.4 is 14.9 Å². The van der Waals surface area contributed by atoms with Crippen LogP contribution in [0.5, 0.6) is 11.5 Å². The Labute approximate surface area is 192 Å². The second kappa shape index (κ2) is 10.8. The molecule has 0 spiro atoms. The third-order valence-corrected chi connectivity index (χ3v) is 5.59.